The lowest BCUT2D eigenvalue weighted by atomic mass is 9.91. The molecule has 2 N–H and O–H groups in total. The Balaban J connectivity index is 1.28. The molecule has 2 atom stereocenters. The van der Waals surface area contributed by atoms with Crippen LogP contribution in [0.2, 0.25) is 0 Å². The Morgan fingerprint density at radius 2 is 1.56 bits per heavy atom. The number of ether oxygens (including phenoxy) is 2. The third kappa shape index (κ3) is 8.55. The molecule has 0 saturated carbocycles. The van der Waals surface area contributed by atoms with Gasteiger partial charge in [0.1, 0.15) is 11.6 Å². The first-order valence-electron chi connectivity index (χ1n) is 14.8. The zero-order valence-electron chi connectivity index (χ0n) is 24.6. The van der Waals surface area contributed by atoms with Crippen molar-refractivity contribution in [1.82, 2.24) is 15.6 Å². The fourth-order valence-corrected chi connectivity index (χ4v) is 6.77. The van der Waals surface area contributed by atoms with E-state index in [1.165, 1.54) is 0 Å². The summed E-state index contributed by atoms with van der Waals surface area (Å²) in [6.07, 6.45) is 0.0735. The number of rotatable bonds is 13. The lowest BCUT2D eigenvalue weighted by Crippen LogP contribution is -2.48. The number of nitrogens with one attached hydrogen (secondary N) is 2. The molecule has 0 radical (unpaired) electrons. The second kappa shape index (κ2) is 15.0. The van der Waals surface area contributed by atoms with Crippen LogP contribution < -0.4 is 10.6 Å². The highest BCUT2D eigenvalue weighted by atomic mass is 32.2. The Morgan fingerprint density at radius 3 is 2.27 bits per heavy atom. The van der Waals surface area contributed by atoms with Gasteiger partial charge in [-0.15, -0.1) is 0 Å². The van der Waals surface area contributed by atoms with Crippen LogP contribution in [0.5, 0.6) is 0 Å². The molecule has 5 rings (SSSR count). The number of alkyl carbamates (subject to hydrolysis) is 1. The van der Waals surface area contributed by atoms with Crippen molar-refractivity contribution in [2.24, 2.45) is 0 Å². The van der Waals surface area contributed by atoms with Crippen molar-refractivity contribution in [3.05, 3.63) is 102 Å². The Kier molecular flexibility index (Phi) is 10.6. The number of hydrogen-bond acceptors (Lipinski definition) is 9. The van der Waals surface area contributed by atoms with Crippen molar-refractivity contribution in [2.45, 2.75) is 42.3 Å². The maximum Gasteiger partial charge on any atom is 0.407 e. The van der Waals surface area contributed by atoms with E-state index in [1.54, 1.807) is 78.9 Å². The van der Waals surface area contributed by atoms with E-state index >= 15 is 0 Å². The molecule has 2 unspecified atom stereocenters. The fourth-order valence-electron chi connectivity index (χ4n) is 5.17. The van der Waals surface area contributed by atoms with Gasteiger partial charge in [-0.05, 0) is 29.7 Å². The van der Waals surface area contributed by atoms with Gasteiger partial charge in [0.15, 0.2) is 20.7 Å². The van der Waals surface area contributed by atoms with Crippen LogP contribution in [0.3, 0.4) is 0 Å². The number of benzene rings is 3. The molecule has 11 nitrogen and oxygen atoms in total. The summed E-state index contributed by atoms with van der Waals surface area (Å²) in [6, 6.07) is 24.6. The van der Waals surface area contributed by atoms with Gasteiger partial charge in [-0.1, -0.05) is 72.8 Å². The molecular weight excluding hydrogens is 598 g/mol. The normalized spacial score (nSPS) is 15.2. The number of carbonyl (C=O) groups excluding carboxylic acids is 3. The molecular formula is C33H35N3O8S. The van der Waals surface area contributed by atoms with E-state index < -0.39 is 45.3 Å². The lowest BCUT2D eigenvalue weighted by molar-refractivity contribution is -0.120. The molecule has 1 fully saturated rings. The summed E-state index contributed by atoms with van der Waals surface area (Å²) in [6.45, 7) is 0.432. The summed E-state index contributed by atoms with van der Waals surface area (Å²) in [4.78, 5) is 43.9. The van der Waals surface area contributed by atoms with Gasteiger partial charge in [0.25, 0.3) is 5.89 Å². The second-order valence-corrected chi connectivity index (χ2v) is 13.0. The van der Waals surface area contributed by atoms with Crippen molar-refractivity contribution in [2.75, 3.05) is 26.3 Å². The van der Waals surface area contributed by atoms with Gasteiger partial charge in [-0.2, -0.15) is 0 Å². The second-order valence-electron chi connectivity index (χ2n) is 10.8. The molecule has 1 aliphatic rings. The fraction of sp³-hybridized carbons (Fsp3) is 0.333. The van der Waals surface area contributed by atoms with Crippen LogP contribution in [0.25, 0.3) is 11.1 Å². The molecule has 4 aromatic rings. The number of ketones is 1. The van der Waals surface area contributed by atoms with Crippen molar-refractivity contribution in [1.29, 1.82) is 0 Å². The summed E-state index contributed by atoms with van der Waals surface area (Å²) in [5, 5.41) is 3.55. The Morgan fingerprint density at radius 1 is 0.889 bits per heavy atom. The molecule has 0 spiro atoms. The van der Waals surface area contributed by atoms with Crippen molar-refractivity contribution in [3.8, 4) is 0 Å². The van der Waals surface area contributed by atoms with Gasteiger partial charge < -0.3 is 24.5 Å². The smallest absolute Gasteiger partial charge is 0.407 e. The molecule has 0 aliphatic carbocycles. The summed E-state index contributed by atoms with van der Waals surface area (Å²) < 4.78 is 43.4. The van der Waals surface area contributed by atoms with Crippen LogP contribution in [0, 0.1) is 0 Å². The van der Waals surface area contributed by atoms with Gasteiger partial charge in [0.2, 0.25) is 11.7 Å². The topological polar surface area (TPSA) is 154 Å². The summed E-state index contributed by atoms with van der Waals surface area (Å²) in [7, 11) is -4.07. The number of carbonyl (C=O) groups is 3. The van der Waals surface area contributed by atoms with Crippen LogP contribution in [-0.4, -0.2) is 68.8 Å². The highest BCUT2D eigenvalue weighted by molar-refractivity contribution is 7.92. The number of aromatic nitrogens is 1. The molecule has 1 aliphatic heterocycles. The van der Waals surface area contributed by atoms with Crippen LogP contribution in [-0.2, 0) is 29.9 Å². The van der Waals surface area contributed by atoms with Gasteiger partial charge in [0, 0.05) is 25.9 Å². The quantitative estimate of drug-likeness (QED) is 0.206. The maximum absolute atomic E-state index is 13.6. The molecule has 2 amide bonds. The van der Waals surface area contributed by atoms with E-state index in [9.17, 15) is 22.8 Å². The first-order chi connectivity index (χ1) is 21.8. The van der Waals surface area contributed by atoms with E-state index in [-0.39, 0.29) is 30.7 Å². The van der Waals surface area contributed by atoms with Crippen LogP contribution >= 0.6 is 0 Å². The SMILES string of the molecule is O=C(NCC(C(=O)NCCC(C(=O)c1nc2ccccc2o1)c1ccccc1)S(=O)(=O)Cc1ccccc1)OC1CCOCC1. The first kappa shape index (κ1) is 31.9. The molecule has 2 heterocycles. The number of Topliss-reactive ketones (excluding diaryl/α,β-unsaturated/α-hetero) is 1. The number of sulfone groups is 1. The van der Waals surface area contributed by atoms with E-state index in [2.05, 4.69) is 15.6 Å². The van der Waals surface area contributed by atoms with Gasteiger partial charge in [0.05, 0.1) is 24.9 Å². The molecule has 1 saturated heterocycles. The average Bonchev–Trinajstić information content (AvgIpc) is 3.49. The van der Waals surface area contributed by atoms with E-state index in [0.717, 1.165) is 0 Å². The summed E-state index contributed by atoms with van der Waals surface area (Å²) in [5.74, 6) is -2.32. The monoisotopic (exact) mass is 633 g/mol. The molecule has 0 bridgehead atoms. The zero-order valence-corrected chi connectivity index (χ0v) is 25.4. The number of amides is 2. The Labute approximate surface area is 261 Å². The largest absolute Gasteiger partial charge is 0.446 e. The predicted octanol–water partition coefficient (Wildman–Crippen LogP) is 4.19. The minimum atomic E-state index is -4.07. The summed E-state index contributed by atoms with van der Waals surface area (Å²) in [5.41, 5.74) is 2.24. The minimum Gasteiger partial charge on any atom is -0.446 e. The molecule has 45 heavy (non-hydrogen) atoms. The minimum absolute atomic E-state index is 0.0196. The number of para-hydroxylation sites is 2. The lowest BCUT2D eigenvalue weighted by Gasteiger charge is -2.23. The van der Waals surface area contributed by atoms with Gasteiger partial charge >= 0.3 is 6.09 Å². The standard InChI is InChI=1S/C33H35N3O8S/c37-30(32-36-27-13-7-8-14-28(27)44-32)26(24-11-5-2-6-12-24)15-18-34-31(38)29(45(40,41)22-23-9-3-1-4-10-23)21-35-33(39)43-25-16-19-42-20-17-25/h1-14,25-26,29H,15-22H2,(H,34,38)(H,35,39). The molecule has 12 heteroatoms. The van der Waals surface area contributed by atoms with E-state index in [0.29, 0.717) is 48.3 Å². The first-order valence-corrected chi connectivity index (χ1v) is 16.5. The highest BCUT2D eigenvalue weighted by Gasteiger charge is 2.34. The van der Waals surface area contributed by atoms with Gasteiger partial charge in [-0.25, -0.2) is 18.2 Å². The zero-order chi connectivity index (χ0) is 31.6. The molecule has 1 aromatic heterocycles. The maximum atomic E-state index is 13.6. The van der Waals surface area contributed by atoms with E-state index in [4.69, 9.17) is 13.9 Å². The Hall–Kier alpha value is -4.55. The Bertz CT molecular complexity index is 1670. The predicted molar refractivity (Wildman–Crippen MR) is 166 cm³/mol. The third-order valence-electron chi connectivity index (χ3n) is 7.57. The average molecular weight is 634 g/mol. The van der Waals surface area contributed by atoms with Crippen LogP contribution in [0.1, 0.15) is 47.0 Å². The van der Waals surface area contributed by atoms with Crippen molar-refractivity contribution in [3.63, 3.8) is 0 Å². The third-order valence-corrected chi connectivity index (χ3v) is 9.55. The number of oxazole rings is 1. The number of hydrogen-bond donors (Lipinski definition) is 2. The molecule has 3 aromatic carbocycles. The van der Waals surface area contributed by atoms with Crippen LogP contribution in [0.15, 0.2) is 89.3 Å². The van der Waals surface area contributed by atoms with E-state index in [1.807, 2.05) is 6.07 Å². The highest BCUT2D eigenvalue weighted by Crippen LogP contribution is 2.26. The number of nitrogens with zero attached hydrogens (tertiary/aromatic N) is 1. The van der Waals surface area contributed by atoms with Crippen LogP contribution in [0.4, 0.5) is 4.79 Å². The molecule has 236 valence electrons. The van der Waals surface area contributed by atoms with Gasteiger partial charge in [-0.3, -0.25) is 9.59 Å². The van der Waals surface area contributed by atoms with Crippen molar-refractivity contribution < 1.29 is 36.7 Å². The number of fused-ring (bicyclic) bond motifs is 1. The summed E-state index contributed by atoms with van der Waals surface area (Å²) >= 11 is 0. The van der Waals surface area contributed by atoms with Crippen molar-refractivity contribution >= 4 is 38.7 Å².